The van der Waals surface area contributed by atoms with E-state index in [1.54, 1.807) is 6.92 Å². The fourth-order valence-electron chi connectivity index (χ4n) is 10.4. The van der Waals surface area contributed by atoms with E-state index >= 15 is 0 Å². The summed E-state index contributed by atoms with van der Waals surface area (Å²) in [6, 6.07) is 0. The monoisotopic (exact) mass is 1310 g/mol. The van der Waals surface area contributed by atoms with E-state index in [9.17, 15) is 47.9 Å². The maximum absolute atomic E-state index is 14.9. The van der Waals surface area contributed by atoms with Gasteiger partial charge in [-0.05, 0) is 128 Å². The molecule has 0 N–H and O–H groups in total. The first kappa shape index (κ1) is 86.7. The summed E-state index contributed by atoms with van der Waals surface area (Å²) in [7, 11) is 0. The summed E-state index contributed by atoms with van der Waals surface area (Å²) in [5, 5.41) is 0. The van der Waals surface area contributed by atoms with E-state index < -0.39 is 119 Å². The van der Waals surface area contributed by atoms with Gasteiger partial charge in [0.1, 0.15) is 0 Å². The molecule has 0 aromatic heterocycles. The lowest BCUT2D eigenvalue weighted by molar-refractivity contribution is -0.159. The molecule has 0 bridgehead atoms. The molecule has 0 heterocycles. The van der Waals surface area contributed by atoms with E-state index in [-0.39, 0.29) is 124 Å². The number of unbranched alkanes of at least 4 members (excludes halogenated alkanes) is 10. The Morgan fingerprint density at radius 1 is 0.196 bits per heavy atom. The molecule has 92 heavy (non-hydrogen) atoms. The second-order valence-corrected chi connectivity index (χ2v) is 24.9. The van der Waals surface area contributed by atoms with E-state index in [1.807, 2.05) is 76.2 Å². The number of carbonyl (C=O) groups is 10. The first-order valence-electron chi connectivity index (χ1n) is 36.0. The van der Waals surface area contributed by atoms with Gasteiger partial charge in [-0.2, -0.15) is 0 Å². The second-order valence-electron chi connectivity index (χ2n) is 24.9. The standard InChI is InChI=1S/C72H126O20/c1-13-24-34-83-63(73)53(12)44-55(65(75)85-36-26-15-3)46-57(67(77)87-38-28-17-5)48-59(69(79)89-40-30-19-7)50-61(71(81)91-42-32-21-9)52-62(72(82)92-43-33-22-10)51-60(70(80)90-41-31-20-8)49-58(68(78)88-39-29-18-6)47-56(66(76)86-37-27-16-4)45-54(23-11)64(74)84-35-25-14-2/h53-62H,13-52H2,1-12H3. The van der Waals surface area contributed by atoms with Crippen molar-refractivity contribution in [1.82, 2.24) is 0 Å². The first-order chi connectivity index (χ1) is 44.3. The Hall–Kier alpha value is -5.30. The zero-order valence-corrected chi connectivity index (χ0v) is 59.2. The SMILES string of the molecule is CCCCOC(=O)C(C)CC(CC(CC(CC(CC(CC(CC(CC(CC(CC)C(=O)OCCCC)C(=O)OCCCC)C(=O)OCCCC)C(=O)OCCCC)C(=O)OCCCC)C(=O)OCCCC)C(=O)OCCCC)C(=O)OCCCC)C(=O)OCCCC. The number of ether oxygens (including phenoxy) is 10. The summed E-state index contributed by atoms with van der Waals surface area (Å²) in [5.74, 6) is -17.5. The summed E-state index contributed by atoms with van der Waals surface area (Å²) < 4.78 is 58.2. The molecular formula is C72H126O20. The summed E-state index contributed by atoms with van der Waals surface area (Å²) in [6.07, 6.45) is 11.0. The first-order valence-corrected chi connectivity index (χ1v) is 36.0. The third kappa shape index (κ3) is 39.4. The Kier molecular flexibility index (Phi) is 52.9. The zero-order chi connectivity index (χ0) is 68.9. The average Bonchev–Trinajstić information content (AvgIpc) is 1.41. The molecular weight excluding hydrogens is 1180 g/mol. The van der Waals surface area contributed by atoms with Crippen LogP contribution in [-0.2, 0) is 95.3 Å². The van der Waals surface area contributed by atoms with Gasteiger partial charge in [-0.15, -0.1) is 0 Å². The molecule has 0 aliphatic rings. The third-order valence-electron chi connectivity index (χ3n) is 16.5. The molecule has 534 valence electrons. The number of esters is 10. The highest BCUT2D eigenvalue weighted by atomic mass is 16.6. The van der Waals surface area contributed by atoms with Crippen molar-refractivity contribution in [2.75, 3.05) is 66.1 Å². The van der Waals surface area contributed by atoms with Crippen LogP contribution in [0.4, 0.5) is 0 Å². The van der Waals surface area contributed by atoms with E-state index in [4.69, 9.17) is 47.4 Å². The van der Waals surface area contributed by atoms with Crippen LogP contribution in [0.15, 0.2) is 0 Å². The van der Waals surface area contributed by atoms with Crippen molar-refractivity contribution in [2.45, 2.75) is 276 Å². The molecule has 0 saturated carbocycles. The van der Waals surface area contributed by atoms with Crippen LogP contribution >= 0.6 is 0 Å². The second kappa shape index (κ2) is 56.1. The van der Waals surface area contributed by atoms with Crippen molar-refractivity contribution in [1.29, 1.82) is 0 Å². The Bertz CT molecular complexity index is 2030. The molecule has 0 saturated heterocycles. The molecule has 0 radical (unpaired) electrons. The van der Waals surface area contributed by atoms with Crippen LogP contribution in [0.3, 0.4) is 0 Å². The van der Waals surface area contributed by atoms with E-state index in [0.717, 1.165) is 25.7 Å². The lowest BCUT2D eigenvalue weighted by atomic mass is 9.76. The molecule has 10 unspecified atom stereocenters. The summed E-state index contributed by atoms with van der Waals surface area (Å²) in [4.78, 5) is 144. The molecule has 10 atom stereocenters. The van der Waals surface area contributed by atoms with Crippen molar-refractivity contribution in [3.05, 3.63) is 0 Å². The van der Waals surface area contributed by atoms with Crippen LogP contribution in [0.25, 0.3) is 0 Å². The molecule has 0 spiro atoms. The molecule has 0 fully saturated rings. The highest BCUT2D eigenvalue weighted by molar-refractivity contribution is 5.82. The minimum Gasteiger partial charge on any atom is -0.465 e. The van der Waals surface area contributed by atoms with Crippen LogP contribution in [0, 0.1) is 59.2 Å². The molecule has 0 aliphatic carbocycles. The number of hydrogen-bond donors (Lipinski definition) is 0. The van der Waals surface area contributed by atoms with Gasteiger partial charge in [0.15, 0.2) is 0 Å². The van der Waals surface area contributed by atoms with Crippen LogP contribution in [-0.4, -0.2) is 126 Å². The number of rotatable bonds is 59. The van der Waals surface area contributed by atoms with E-state index in [0.29, 0.717) is 109 Å². The predicted molar refractivity (Wildman–Crippen MR) is 351 cm³/mol. The van der Waals surface area contributed by atoms with Gasteiger partial charge in [0.25, 0.3) is 0 Å². The van der Waals surface area contributed by atoms with Crippen LogP contribution < -0.4 is 0 Å². The van der Waals surface area contributed by atoms with Crippen molar-refractivity contribution in [3.8, 4) is 0 Å². The zero-order valence-electron chi connectivity index (χ0n) is 59.2. The maximum Gasteiger partial charge on any atom is 0.308 e. The average molecular weight is 1310 g/mol. The van der Waals surface area contributed by atoms with Crippen molar-refractivity contribution >= 4 is 59.7 Å². The highest BCUT2D eigenvalue weighted by Crippen LogP contribution is 2.37. The smallest absolute Gasteiger partial charge is 0.308 e. The quantitative estimate of drug-likeness (QED) is 0.0311. The van der Waals surface area contributed by atoms with E-state index in [1.165, 1.54) is 0 Å². The van der Waals surface area contributed by atoms with Crippen LogP contribution in [0.1, 0.15) is 276 Å². The topological polar surface area (TPSA) is 263 Å². The Balaban J connectivity index is 8.46. The number of carbonyl (C=O) groups excluding carboxylic acids is 10. The Morgan fingerprint density at radius 2 is 0.326 bits per heavy atom. The number of hydrogen-bond acceptors (Lipinski definition) is 20. The van der Waals surface area contributed by atoms with Gasteiger partial charge >= 0.3 is 59.7 Å². The van der Waals surface area contributed by atoms with Crippen molar-refractivity contribution < 1.29 is 95.3 Å². The Morgan fingerprint density at radius 3 is 0.478 bits per heavy atom. The third-order valence-corrected chi connectivity index (χ3v) is 16.5. The van der Waals surface area contributed by atoms with Crippen LogP contribution in [0.5, 0.6) is 0 Å². The fraction of sp³-hybridized carbons (Fsp3) is 0.861. The molecule has 20 heteroatoms. The molecule has 0 aromatic carbocycles. The van der Waals surface area contributed by atoms with Gasteiger partial charge in [-0.25, -0.2) is 0 Å². The lowest BCUT2D eigenvalue weighted by Crippen LogP contribution is -2.36. The minimum atomic E-state index is -1.28. The fourth-order valence-corrected chi connectivity index (χ4v) is 10.4. The molecule has 20 nitrogen and oxygen atoms in total. The van der Waals surface area contributed by atoms with Gasteiger partial charge in [-0.1, -0.05) is 147 Å². The Labute approximate surface area is 553 Å². The van der Waals surface area contributed by atoms with Crippen molar-refractivity contribution in [3.63, 3.8) is 0 Å². The lowest BCUT2D eigenvalue weighted by Gasteiger charge is -2.30. The summed E-state index contributed by atoms with van der Waals surface area (Å²) in [5.41, 5.74) is 0. The van der Waals surface area contributed by atoms with Gasteiger partial charge in [0.05, 0.1) is 125 Å². The van der Waals surface area contributed by atoms with Gasteiger partial charge in [0, 0.05) is 0 Å². The van der Waals surface area contributed by atoms with Gasteiger partial charge in [-0.3, -0.25) is 47.9 Å². The van der Waals surface area contributed by atoms with Gasteiger partial charge < -0.3 is 47.4 Å². The minimum absolute atomic E-state index is 0.00191. The maximum atomic E-state index is 14.9. The largest absolute Gasteiger partial charge is 0.465 e. The van der Waals surface area contributed by atoms with Gasteiger partial charge in [0.2, 0.25) is 0 Å². The predicted octanol–water partition coefficient (Wildman–Crippen LogP) is 14.5. The molecule has 0 aromatic rings. The summed E-state index contributed by atoms with van der Waals surface area (Å²) in [6.45, 7) is 23.7. The van der Waals surface area contributed by atoms with Crippen LogP contribution in [0.2, 0.25) is 0 Å². The normalized spacial score (nSPS) is 14.5. The molecule has 0 amide bonds. The highest BCUT2D eigenvalue weighted by Gasteiger charge is 2.42. The van der Waals surface area contributed by atoms with E-state index in [2.05, 4.69) is 0 Å². The molecule has 0 aliphatic heterocycles. The van der Waals surface area contributed by atoms with Crippen molar-refractivity contribution in [2.24, 2.45) is 59.2 Å². The molecule has 0 rings (SSSR count). The summed E-state index contributed by atoms with van der Waals surface area (Å²) >= 11 is 0.